The molecule has 11 rings (SSSR count). The van der Waals surface area contributed by atoms with Crippen molar-refractivity contribution < 1.29 is 0 Å². The van der Waals surface area contributed by atoms with Gasteiger partial charge in [0.2, 0.25) is 0 Å². The van der Waals surface area contributed by atoms with Crippen molar-refractivity contribution in [2.75, 3.05) is 0 Å². The molecule has 1 N–H and O–H groups in total. The quantitative estimate of drug-likeness (QED) is 0.146. The van der Waals surface area contributed by atoms with Gasteiger partial charge in [-0.15, -0.1) is 0 Å². The minimum absolute atomic E-state index is 1.16. The number of aromatic amines is 1. The summed E-state index contributed by atoms with van der Waals surface area (Å²) in [5.74, 6) is 0. The van der Waals surface area contributed by atoms with Gasteiger partial charge in [-0.2, -0.15) is 0 Å². The van der Waals surface area contributed by atoms with Crippen molar-refractivity contribution in [1.82, 2.24) is 4.98 Å². The molecule has 1 nitrogen and oxygen atoms in total. The highest BCUT2D eigenvalue weighted by Gasteiger charge is 2.19. The van der Waals surface area contributed by atoms with Gasteiger partial charge in [0.15, 0.2) is 0 Å². The second-order valence-corrected chi connectivity index (χ2v) is 13.3. The average Bonchev–Trinajstić information content (AvgIpc) is 3.54. The minimum atomic E-state index is 1.16. The summed E-state index contributed by atoms with van der Waals surface area (Å²) in [6.45, 7) is 0. The summed E-state index contributed by atoms with van der Waals surface area (Å²) in [6, 6.07) is 62.8. The zero-order valence-corrected chi connectivity index (χ0v) is 26.7. The molecule has 0 aliphatic rings. The topological polar surface area (TPSA) is 15.8 Å². The van der Waals surface area contributed by atoms with Crippen LogP contribution in [-0.4, -0.2) is 4.98 Å². The van der Waals surface area contributed by atoms with Crippen molar-refractivity contribution >= 4 is 86.4 Å². The first-order valence-corrected chi connectivity index (χ1v) is 17.0. The van der Waals surface area contributed by atoms with Gasteiger partial charge < -0.3 is 4.98 Å². The average molecular weight is 620 g/mol. The molecule has 1 heterocycles. The Labute approximate surface area is 282 Å². The number of hydrogen-bond acceptors (Lipinski definition) is 0. The highest BCUT2D eigenvalue weighted by atomic mass is 14.7. The Bertz CT molecular complexity index is 3100. The normalized spacial score (nSPS) is 12.1. The van der Waals surface area contributed by atoms with Gasteiger partial charge in [0.05, 0.1) is 5.52 Å². The Balaban J connectivity index is 1.20. The summed E-state index contributed by atoms with van der Waals surface area (Å²) in [6.07, 6.45) is 0. The molecule has 0 amide bonds. The summed E-state index contributed by atoms with van der Waals surface area (Å²) < 4.78 is 0. The van der Waals surface area contributed by atoms with Crippen LogP contribution < -0.4 is 0 Å². The number of nitrogens with one attached hydrogen (secondary N) is 1. The molecule has 1 aromatic heterocycles. The lowest BCUT2D eigenvalue weighted by Gasteiger charge is -2.19. The number of hydrogen-bond donors (Lipinski definition) is 1. The molecule has 1 heteroatoms. The first-order valence-electron chi connectivity index (χ1n) is 17.0. The van der Waals surface area contributed by atoms with E-state index in [4.69, 9.17) is 0 Å². The van der Waals surface area contributed by atoms with Gasteiger partial charge in [-0.1, -0.05) is 152 Å². The molecule has 0 spiro atoms. The highest BCUT2D eigenvalue weighted by molar-refractivity contribution is 6.26. The highest BCUT2D eigenvalue weighted by Crippen LogP contribution is 2.46. The van der Waals surface area contributed by atoms with Crippen LogP contribution in [0.4, 0.5) is 0 Å². The molecule has 0 saturated heterocycles. The SMILES string of the molecule is c1ccc2cc3c(ccc4c(-c5c6ccccc6c(-c6ccc7c(c6)[nH]c6c8ccccc8ccc76)c6ccccc56)cccc43)cc2c1. The molecule has 11 aromatic rings. The number of aromatic nitrogens is 1. The summed E-state index contributed by atoms with van der Waals surface area (Å²) in [7, 11) is 0. The second kappa shape index (κ2) is 10.0. The summed E-state index contributed by atoms with van der Waals surface area (Å²) in [5, 5.41) is 17.8. The predicted molar refractivity (Wildman–Crippen MR) is 212 cm³/mol. The lowest BCUT2D eigenvalue weighted by Crippen LogP contribution is -1.92. The predicted octanol–water partition coefficient (Wildman–Crippen LogP) is 13.6. The van der Waals surface area contributed by atoms with E-state index >= 15 is 0 Å². The van der Waals surface area contributed by atoms with Crippen LogP contribution in [0.15, 0.2) is 170 Å². The van der Waals surface area contributed by atoms with Gasteiger partial charge in [0.1, 0.15) is 0 Å². The van der Waals surface area contributed by atoms with Gasteiger partial charge in [-0.05, 0) is 99.7 Å². The van der Waals surface area contributed by atoms with Crippen LogP contribution >= 0.6 is 0 Å². The van der Waals surface area contributed by atoms with Crippen LogP contribution in [0.25, 0.3) is 109 Å². The van der Waals surface area contributed by atoms with Crippen LogP contribution in [0.5, 0.6) is 0 Å². The Morgan fingerprint density at radius 3 is 1.61 bits per heavy atom. The van der Waals surface area contributed by atoms with Crippen LogP contribution in [0, 0.1) is 0 Å². The van der Waals surface area contributed by atoms with Crippen LogP contribution in [0.3, 0.4) is 0 Å². The van der Waals surface area contributed by atoms with E-state index in [9.17, 15) is 0 Å². The lowest BCUT2D eigenvalue weighted by atomic mass is 9.84. The molecule has 0 saturated carbocycles. The van der Waals surface area contributed by atoms with Crippen molar-refractivity contribution in [2.45, 2.75) is 0 Å². The van der Waals surface area contributed by atoms with E-state index in [0.29, 0.717) is 0 Å². The van der Waals surface area contributed by atoms with Crippen molar-refractivity contribution in [3.8, 4) is 22.3 Å². The molecule has 49 heavy (non-hydrogen) atoms. The monoisotopic (exact) mass is 619 g/mol. The molecule has 0 aliphatic carbocycles. The van der Waals surface area contributed by atoms with E-state index in [1.54, 1.807) is 0 Å². The fraction of sp³-hybridized carbons (Fsp3) is 0. The van der Waals surface area contributed by atoms with E-state index in [1.807, 2.05) is 0 Å². The smallest absolute Gasteiger partial charge is 0.0544 e. The van der Waals surface area contributed by atoms with Crippen molar-refractivity contribution in [3.63, 3.8) is 0 Å². The van der Waals surface area contributed by atoms with Gasteiger partial charge in [-0.25, -0.2) is 0 Å². The molecule has 0 bridgehead atoms. The largest absolute Gasteiger partial charge is 0.354 e. The molecule has 0 radical (unpaired) electrons. The molecule has 0 aliphatic heterocycles. The number of H-pyrrole nitrogens is 1. The first-order chi connectivity index (χ1) is 24.3. The van der Waals surface area contributed by atoms with E-state index in [2.05, 4.69) is 175 Å². The zero-order valence-electron chi connectivity index (χ0n) is 26.7. The van der Waals surface area contributed by atoms with Gasteiger partial charge >= 0.3 is 0 Å². The van der Waals surface area contributed by atoms with Gasteiger partial charge in [0, 0.05) is 21.7 Å². The van der Waals surface area contributed by atoms with Crippen LogP contribution in [0.1, 0.15) is 0 Å². The van der Waals surface area contributed by atoms with Crippen LogP contribution in [-0.2, 0) is 0 Å². The van der Waals surface area contributed by atoms with Crippen molar-refractivity contribution in [1.29, 1.82) is 0 Å². The standard InChI is InChI=1S/C48H29N/c1-2-12-31-27-44-32(26-30(31)11-1)21-23-36-35(44)18-9-19-38(36)47-41-16-7-5-14-39(41)46(40-15-6-8-17-42(40)47)33-22-24-37-43-25-20-29-10-3-4-13-34(29)48(43)49-45(37)28-33/h1-28,49H. The molecule has 0 fully saturated rings. The molecule has 226 valence electrons. The Morgan fingerprint density at radius 2 is 0.857 bits per heavy atom. The first kappa shape index (κ1) is 26.6. The van der Waals surface area contributed by atoms with E-state index < -0.39 is 0 Å². The minimum Gasteiger partial charge on any atom is -0.354 e. The lowest BCUT2D eigenvalue weighted by molar-refractivity contribution is 1.56. The maximum Gasteiger partial charge on any atom is 0.0544 e. The van der Waals surface area contributed by atoms with Gasteiger partial charge in [0.25, 0.3) is 0 Å². The fourth-order valence-corrected chi connectivity index (χ4v) is 8.53. The third-order valence-electron chi connectivity index (χ3n) is 10.7. The van der Waals surface area contributed by atoms with Gasteiger partial charge in [-0.3, -0.25) is 0 Å². The second-order valence-electron chi connectivity index (χ2n) is 13.3. The number of benzene rings is 10. The van der Waals surface area contributed by atoms with E-state index in [-0.39, 0.29) is 0 Å². The summed E-state index contributed by atoms with van der Waals surface area (Å²) in [5.41, 5.74) is 7.42. The molecular formula is C48H29N. The number of rotatable bonds is 2. The Morgan fingerprint density at radius 1 is 0.286 bits per heavy atom. The maximum atomic E-state index is 3.81. The Hall–Kier alpha value is -6.44. The molecule has 0 atom stereocenters. The van der Waals surface area contributed by atoms with E-state index in [1.165, 1.54) is 103 Å². The third-order valence-corrected chi connectivity index (χ3v) is 10.7. The fourth-order valence-electron chi connectivity index (χ4n) is 8.53. The number of fused-ring (bicyclic) bond motifs is 11. The van der Waals surface area contributed by atoms with Crippen LogP contribution in [0.2, 0.25) is 0 Å². The van der Waals surface area contributed by atoms with E-state index in [0.717, 1.165) is 5.52 Å². The van der Waals surface area contributed by atoms with Crippen molar-refractivity contribution in [3.05, 3.63) is 170 Å². The molecular weight excluding hydrogens is 591 g/mol. The summed E-state index contributed by atoms with van der Waals surface area (Å²) >= 11 is 0. The molecule has 0 unspecified atom stereocenters. The summed E-state index contributed by atoms with van der Waals surface area (Å²) in [4.78, 5) is 3.81. The molecule has 10 aromatic carbocycles. The zero-order chi connectivity index (χ0) is 32.1. The van der Waals surface area contributed by atoms with Crippen molar-refractivity contribution in [2.24, 2.45) is 0 Å². The Kier molecular flexibility index (Phi) is 5.45. The maximum absolute atomic E-state index is 3.81. The third kappa shape index (κ3) is 3.82.